The van der Waals surface area contributed by atoms with Crippen LogP contribution in [0.15, 0.2) is 18.6 Å². The third-order valence-corrected chi connectivity index (χ3v) is 2.31. The van der Waals surface area contributed by atoms with Crippen LogP contribution in [0.2, 0.25) is 0 Å². The second-order valence-corrected chi connectivity index (χ2v) is 3.68. The standard InChI is InChI=1S/C10H12F3N3O2/c1-9(8(17)18-2,16-6-10(11,12)13)7-5-14-3-4-15-7/h3-5,16H,6H2,1-2H3. The van der Waals surface area contributed by atoms with E-state index in [0.717, 1.165) is 7.11 Å². The summed E-state index contributed by atoms with van der Waals surface area (Å²) in [5.74, 6) is -0.868. The second-order valence-electron chi connectivity index (χ2n) is 3.68. The van der Waals surface area contributed by atoms with E-state index in [1.165, 1.54) is 25.5 Å². The van der Waals surface area contributed by atoms with Gasteiger partial charge in [-0.3, -0.25) is 15.3 Å². The minimum absolute atomic E-state index is 0.0566. The molecular formula is C10H12F3N3O2. The maximum atomic E-state index is 12.2. The zero-order chi connectivity index (χ0) is 13.8. The van der Waals surface area contributed by atoms with Gasteiger partial charge in [0.15, 0.2) is 5.54 Å². The van der Waals surface area contributed by atoms with E-state index in [-0.39, 0.29) is 5.69 Å². The zero-order valence-electron chi connectivity index (χ0n) is 9.78. The van der Waals surface area contributed by atoms with Crippen LogP contribution in [0.5, 0.6) is 0 Å². The Kier molecular flexibility index (Phi) is 4.23. The van der Waals surface area contributed by atoms with Crippen LogP contribution in [0.4, 0.5) is 13.2 Å². The molecule has 18 heavy (non-hydrogen) atoms. The summed E-state index contributed by atoms with van der Waals surface area (Å²) >= 11 is 0. The van der Waals surface area contributed by atoms with Crippen molar-refractivity contribution in [2.75, 3.05) is 13.7 Å². The van der Waals surface area contributed by atoms with Crippen molar-refractivity contribution in [3.05, 3.63) is 24.3 Å². The Morgan fingerprint density at radius 3 is 2.56 bits per heavy atom. The number of aromatic nitrogens is 2. The third-order valence-electron chi connectivity index (χ3n) is 2.31. The van der Waals surface area contributed by atoms with Gasteiger partial charge >= 0.3 is 12.1 Å². The number of hydrogen-bond donors (Lipinski definition) is 1. The lowest BCUT2D eigenvalue weighted by atomic mass is 9.98. The molecule has 1 heterocycles. The van der Waals surface area contributed by atoms with Crippen LogP contribution in [0.25, 0.3) is 0 Å². The normalized spacial score (nSPS) is 14.9. The number of alkyl halides is 3. The highest BCUT2D eigenvalue weighted by Gasteiger charge is 2.41. The highest BCUT2D eigenvalue weighted by molar-refractivity contribution is 5.81. The summed E-state index contributed by atoms with van der Waals surface area (Å²) in [6.45, 7) is -0.0796. The lowest BCUT2D eigenvalue weighted by Gasteiger charge is -2.27. The van der Waals surface area contributed by atoms with Crippen molar-refractivity contribution in [3.63, 3.8) is 0 Å². The topological polar surface area (TPSA) is 64.1 Å². The fourth-order valence-electron chi connectivity index (χ4n) is 1.31. The van der Waals surface area contributed by atoms with E-state index in [0.29, 0.717) is 0 Å². The molecule has 8 heteroatoms. The first kappa shape index (κ1) is 14.4. The summed E-state index contributed by atoms with van der Waals surface area (Å²) in [6, 6.07) is 0. The minimum Gasteiger partial charge on any atom is -0.467 e. The first-order valence-electron chi connectivity index (χ1n) is 4.96. The summed E-state index contributed by atoms with van der Waals surface area (Å²) in [5.41, 5.74) is -1.64. The summed E-state index contributed by atoms with van der Waals surface area (Å²) in [7, 11) is 1.09. The van der Waals surface area contributed by atoms with Gasteiger partial charge in [0.25, 0.3) is 0 Å². The van der Waals surface area contributed by atoms with Crippen molar-refractivity contribution >= 4 is 5.97 Å². The number of ether oxygens (including phenoxy) is 1. The van der Waals surface area contributed by atoms with E-state index in [1.807, 2.05) is 0 Å². The van der Waals surface area contributed by atoms with Crippen LogP contribution in [0, 0.1) is 0 Å². The molecular weight excluding hydrogens is 251 g/mol. The first-order valence-corrected chi connectivity index (χ1v) is 4.96. The zero-order valence-corrected chi connectivity index (χ0v) is 9.78. The molecule has 0 aliphatic heterocycles. The molecule has 0 saturated carbocycles. The molecule has 0 amide bonds. The average Bonchev–Trinajstić information content (AvgIpc) is 2.35. The summed E-state index contributed by atoms with van der Waals surface area (Å²) in [4.78, 5) is 19.2. The van der Waals surface area contributed by atoms with Gasteiger partial charge in [-0.1, -0.05) is 0 Å². The maximum Gasteiger partial charge on any atom is 0.401 e. The number of hydrogen-bond acceptors (Lipinski definition) is 5. The largest absolute Gasteiger partial charge is 0.467 e. The van der Waals surface area contributed by atoms with Gasteiger partial charge in [-0.15, -0.1) is 0 Å². The van der Waals surface area contributed by atoms with Crippen molar-refractivity contribution in [1.29, 1.82) is 0 Å². The van der Waals surface area contributed by atoms with Crippen LogP contribution in [-0.2, 0) is 15.1 Å². The van der Waals surface area contributed by atoms with Gasteiger partial charge < -0.3 is 4.74 Å². The van der Waals surface area contributed by atoms with E-state index < -0.39 is 24.2 Å². The molecule has 100 valence electrons. The molecule has 0 aromatic carbocycles. The highest BCUT2D eigenvalue weighted by Crippen LogP contribution is 2.22. The fraction of sp³-hybridized carbons (Fsp3) is 0.500. The number of esters is 1. The van der Waals surface area contributed by atoms with Gasteiger partial charge in [-0.05, 0) is 6.92 Å². The molecule has 0 aliphatic carbocycles. The molecule has 1 atom stereocenters. The number of halogens is 3. The molecule has 0 saturated heterocycles. The van der Waals surface area contributed by atoms with Crippen molar-refractivity contribution in [2.45, 2.75) is 18.6 Å². The van der Waals surface area contributed by atoms with Crippen LogP contribution >= 0.6 is 0 Å². The molecule has 1 rings (SSSR count). The maximum absolute atomic E-state index is 12.2. The average molecular weight is 263 g/mol. The highest BCUT2D eigenvalue weighted by atomic mass is 19.4. The van der Waals surface area contributed by atoms with Crippen molar-refractivity contribution in [1.82, 2.24) is 15.3 Å². The minimum atomic E-state index is -4.45. The summed E-state index contributed by atoms with van der Waals surface area (Å²) in [6.07, 6.45) is -0.603. The Hall–Kier alpha value is -1.70. The smallest absolute Gasteiger partial charge is 0.401 e. The van der Waals surface area contributed by atoms with E-state index in [9.17, 15) is 18.0 Å². The SMILES string of the molecule is COC(=O)C(C)(NCC(F)(F)F)c1cnccn1. The van der Waals surface area contributed by atoms with Crippen LogP contribution in [0.1, 0.15) is 12.6 Å². The molecule has 1 aromatic heterocycles. The molecule has 0 spiro atoms. The lowest BCUT2D eigenvalue weighted by molar-refractivity contribution is -0.153. The summed E-state index contributed by atoms with van der Waals surface area (Å²) < 4.78 is 41.2. The predicted molar refractivity (Wildman–Crippen MR) is 55.5 cm³/mol. The van der Waals surface area contributed by atoms with Crippen LogP contribution in [0.3, 0.4) is 0 Å². The molecule has 0 fully saturated rings. The second kappa shape index (κ2) is 5.30. The quantitative estimate of drug-likeness (QED) is 0.821. The predicted octanol–water partition coefficient (Wildman–Crippen LogP) is 1.02. The van der Waals surface area contributed by atoms with E-state index in [4.69, 9.17) is 0 Å². The number of rotatable bonds is 4. The molecule has 0 radical (unpaired) electrons. The van der Waals surface area contributed by atoms with Gasteiger partial charge in [0.05, 0.1) is 25.5 Å². The van der Waals surface area contributed by atoms with Gasteiger partial charge in [0.2, 0.25) is 0 Å². The number of methoxy groups -OCH3 is 1. The van der Waals surface area contributed by atoms with Gasteiger partial charge in [-0.25, -0.2) is 4.79 Å². The molecule has 1 N–H and O–H groups in total. The monoisotopic (exact) mass is 263 g/mol. The molecule has 0 aliphatic rings. The van der Waals surface area contributed by atoms with Gasteiger partial charge in [0, 0.05) is 12.4 Å². The number of nitrogens with one attached hydrogen (secondary N) is 1. The number of carbonyl (C=O) groups is 1. The summed E-state index contributed by atoms with van der Waals surface area (Å²) in [5, 5.41) is 2.10. The number of carbonyl (C=O) groups excluding carboxylic acids is 1. The van der Waals surface area contributed by atoms with Crippen LogP contribution in [-0.4, -0.2) is 35.8 Å². The van der Waals surface area contributed by atoms with E-state index in [1.54, 1.807) is 0 Å². The Bertz CT molecular complexity index is 411. The molecule has 1 aromatic rings. The first-order chi connectivity index (χ1) is 8.29. The van der Waals surface area contributed by atoms with Gasteiger partial charge in [0.1, 0.15) is 0 Å². The van der Waals surface area contributed by atoms with Gasteiger partial charge in [-0.2, -0.15) is 13.2 Å². The Labute approximate surface area is 101 Å². The van der Waals surface area contributed by atoms with Crippen molar-refractivity contribution in [2.24, 2.45) is 0 Å². The Balaban J connectivity index is 3.00. The van der Waals surface area contributed by atoms with E-state index >= 15 is 0 Å². The molecule has 5 nitrogen and oxygen atoms in total. The third kappa shape index (κ3) is 3.39. The molecule has 1 unspecified atom stereocenters. The number of nitrogens with zero attached hydrogens (tertiary/aromatic N) is 2. The lowest BCUT2D eigenvalue weighted by Crippen LogP contribution is -2.51. The van der Waals surface area contributed by atoms with Crippen molar-refractivity contribution < 1.29 is 22.7 Å². The van der Waals surface area contributed by atoms with Crippen LogP contribution < -0.4 is 5.32 Å². The fourth-order valence-corrected chi connectivity index (χ4v) is 1.31. The van der Waals surface area contributed by atoms with Crippen molar-refractivity contribution in [3.8, 4) is 0 Å². The van der Waals surface area contributed by atoms with E-state index in [2.05, 4.69) is 20.0 Å². The Morgan fingerprint density at radius 2 is 2.11 bits per heavy atom. The molecule has 0 bridgehead atoms. The Morgan fingerprint density at radius 1 is 1.44 bits per heavy atom.